The quantitative estimate of drug-likeness (QED) is 0.864. The van der Waals surface area contributed by atoms with Crippen LogP contribution in [0.15, 0.2) is 36.5 Å². The van der Waals surface area contributed by atoms with E-state index in [0.29, 0.717) is 12.0 Å². The van der Waals surface area contributed by atoms with Gasteiger partial charge in [-0.3, -0.25) is 4.98 Å². The van der Waals surface area contributed by atoms with E-state index in [2.05, 4.69) is 55.3 Å². The molecule has 2 heteroatoms. The van der Waals surface area contributed by atoms with Crippen molar-refractivity contribution in [1.29, 1.82) is 0 Å². The van der Waals surface area contributed by atoms with Crippen molar-refractivity contribution in [1.82, 2.24) is 10.3 Å². The fourth-order valence-electron chi connectivity index (χ4n) is 2.11. The first kappa shape index (κ1) is 13.0. The van der Waals surface area contributed by atoms with Crippen molar-refractivity contribution in [2.24, 2.45) is 0 Å². The van der Waals surface area contributed by atoms with Crippen molar-refractivity contribution in [3.63, 3.8) is 0 Å². The van der Waals surface area contributed by atoms with Crippen molar-refractivity contribution < 1.29 is 0 Å². The van der Waals surface area contributed by atoms with Crippen molar-refractivity contribution >= 4 is 10.9 Å². The van der Waals surface area contributed by atoms with Gasteiger partial charge in [-0.25, -0.2) is 0 Å². The van der Waals surface area contributed by atoms with Crippen LogP contribution in [-0.2, 0) is 0 Å². The second-order valence-electron chi connectivity index (χ2n) is 5.26. The van der Waals surface area contributed by atoms with Crippen LogP contribution in [0.1, 0.15) is 38.7 Å². The minimum absolute atomic E-state index is 0.549. The summed E-state index contributed by atoms with van der Waals surface area (Å²) in [6.07, 6.45) is 3.17. The van der Waals surface area contributed by atoms with E-state index >= 15 is 0 Å². The number of pyridine rings is 1. The minimum atomic E-state index is 0.549. The summed E-state index contributed by atoms with van der Waals surface area (Å²) in [7, 11) is 0. The molecule has 0 aliphatic heterocycles. The Bertz CT molecular complexity index is 505. The predicted molar refractivity (Wildman–Crippen MR) is 77.9 cm³/mol. The van der Waals surface area contributed by atoms with Gasteiger partial charge in [-0.2, -0.15) is 0 Å². The van der Waals surface area contributed by atoms with E-state index in [1.807, 2.05) is 12.3 Å². The summed E-state index contributed by atoms with van der Waals surface area (Å²) in [5.41, 5.74) is 2.41. The summed E-state index contributed by atoms with van der Waals surface area (Å²) in [5, 5.41) is 4.70. The summed E-state index contributed by atoms with van der Waals surface area (Å²) >= 11 is 0. The predicted octanol–water partition coefficient (Wildman–Crippen LogP) is 3.73. The summed E-state index contributed by atoms with van der Waals surface area (Å²) in [6.45, 7) is 7.70. The van der Waals surface area contributed by atoms with Gasteiger partial charge in [0.1, 0.15) is 0 Å². The molecule has 0 amide bonds. The average Bonchev–Trinajstić information content (AvgIpc) is 2.37. The van der Waals surface area contributed by atoms with Gasteiger partial charge in [0.05, 0.1) is 5.52 Å². The Morgan fingerprint density at radius 2 is 1.94 bits per heavy atom. The van der Waals surface area contributed by atoms with E-state index < -0.39 is 0 Å². The lowest BCUT2D eigenvalue weighted by Gasteiger charge is -2.14. The maximum atomic E-state index is 4.53. The highest BCUT2D eigenvalue weighted by Crippen LogP contribution is 2.21. The van der Waals surface area contributed by atoms with E-state index in [1.54, 1.807) is 0 Å². The van der Waals surface area contributed by atoms with Crippen LogP contribution >= 0.6 is 0 Å². The molecule has 2 nitrogen and oxygen atoms in total. The molecular formula is C16H22N2. The van der Waals surface area contributed by atoms with Crippen LogP contribution in [-0.4, -0.2) is 17.6 Å². The fraction of sp³-hybridized carbons (Fsp3) is 0.438. The van der Waals surface area contributed by atoms with Crippen LogP contribution < -0.4 is 5.32 Å². The highest BCUT2D eigenvalue weighted by atomic mass is 14.9. The lowest BCUT2D eigenvalue weighted by molar-refractivity contribution is 0.541. The van der Waals surface area contributed by atoms with Crippen LogP contribution in [0, 0.1) is 0 Å². The van der Waals surface area contributed by atoms with Crippen LogP contribution in [0.2, 0.25) is 0 Å². The average molecular weight is 242 g/mol. The fourth-order valence-corrected chi connectivity index (χ4v) is 2.11. The first-order chi connectivity index (χ1) is 8.66. The lowest BCUT2D eigenvalue weighted by atomic mass is 9.98. The minimum Gasteiger partial charge on any atom is -0.315 e. The molecule has 2 aromatic rings. The molecule has 1 atom stereocenters. The Morgan fingerprint density at radius 3 is 2.72 bits per heavy atom. The van der Waals surface area contributed by atoms with E-state index in [-0.39, 0.29) is 0 Å². The van der Waals surface area contributed by atoms with Crippen molar-refractivity contribution in [3.8, 4) is 0 Å². The molecule has 0 spiro atoms. The second-order valence-corrected chi connectivity index (χ2v) is 5.26. The van der Waals surface area contributed by atoms with Gasteiger partial charge in [0.2, 0.25) is 0 Å². The summed E-state index contributed by atoms with van der Waals surface area (Å²) < 4.78 is 0. The maximum absolute atomic E-state index is 4.53. The smallest absolute Gasteiger partial charge is 0.0702 e. The number of aromatic nitrogens is 1. The Balaban J connectivity index is 2.06. The van der Waals surface area contributed by atoms with Gasteiger partial charge < -0.3 is 5.32 Å². The molecule has 18 heavy (non-hydrogen) atoms. The summed E-state index contributed by atoms with van der Waals surface area (Å²) in [4.78, 5) is 4.53. The Kier molecular flexibility index (Phi) is 4.32. The summed E-state index contributed by atoms with van der Waals surface area (Å²) in [6, 6.07) is 11.1. The third-order valence-electron chi connectivity index (χ3n) is 3.31. The Labute approximate surface area is 109 Å². The molecule has 1 N–H and O–H groups in total. The molecule has 0 radical (unpaired) electrons. The van der Waals surface area contributed by atoms with Crippen LogP contribution in [0.4, 0.5) is 0 Å². The third kappa shape index (κ3) is 3.30. The SMILES string of the molecule is CC(C)NCCC(C)c1cnc2ccccc2c1. The number of benzene rings is 1. The van der Waals surface area contributed by atoms with Crippen LogP contribution in [0.3, 0.4) is 0 Å². The molecule has 0 fully saturated rings. The molecule has 0 saturated heterocycles. The molecule has 96 valence electrons. The number of hydrogen-bond donors (Lipinski definition) is 1. The maximum Gasteiger partial charge on any atom is 0.0702 e. The number of hydrogen-bond acceptors (Lipinski definition) is 2. The van der Waals surface area contributed by atoms with E-state index in [0.717, 1.165) is 18.5 Å². The number of nitrogens with zero attached hydrogens (tertiary/aromatic N) is 1. The Hall–Kier alpha value is -1.41. The van der Waals surface area contributed by atoms with Gasteiger partial charge in [-0.15, -0.1) is 0 Å². The molecule has 0 bridgehead atoms. The zero-order valence-electron chi connectivity index (χ0n) is 11.5. The number of fused-ring (bicyclic) bond motifs is 1. The molecule has 1 unspecified atom stereocenters. The molecule has 2 rings (SSSR count). The van der Waals surface area contributed by atoms with Gasteiger partial charge >= 0.3 is 0 Å². The van der Waals surface area contributed by atoms with Crippen molar-refractivity contribution in [3.05, 3.63) is 42.1 Å². The molecular weight excluding hydrogens is 220 g/mol. The number of nitrogens with one attached hydrogen (secondary N) is 1. The van der Waals surface area contributed by atoms with E-state index in [1.165, 1.54) is 10.9 Å². The second kappa shape index (κ2) is 5.96. The molecule has 1 aromatic carbocycles. The lowest BCUT2D eigenvalue weighted by Crippen LogP contribution is -2.24. The van der Waals surface area contributed by atoms with Crippen molar-refractivity contribution in [2.45, 2.75) is 39.2 Å². The van der Waals surface area contributed by atoms with Gasteiger partial charge in [-0.05, 0) is 36.6 Å². The first-order valence-electron chi connectivity index (χ1n) is 6.75. The van der Waals surface area contributed by atoms with E-state index in [4.69, 9.17) is 0 Å². The third-order valence-corrected chi connectivity index (χ3v) is 3.31. The van der Waals surface area contributed by atoms with Gasteiger partial charge in [-0.1, -0.05) is 39.0 Å². The van der Waals surface area contributed by atoms with E-state index in [9.17, 15) is 0 Å². The van der Waals surface area contributed by atoms with Gasteiger partial charge in [0.25, 0.3) is 0 Å². The first-order valence-corrected chi connectivity index (χ1v) is 6.75. The van der Waals surface area contributed by atoms with Gasteiger partial charge in [0.15, 0.2) is 0 Å². The highest BCUT2D eigenvalue weighted by Gasteiger charge is 2.07. The monoisotopic (exact) mass is 242 g/mol. The normalized spacial score (nSPS) is 13.1. The number of rotatable bonds is 5. The summed E-state index contributed by atoms with van der Waals surface area (Å²) in [5.74, 6) is 0.549. The molecule has 0 saturated carbocycles. The Morgan fingerprint density at radius 1 is 1.17 bits per heavy atom. The van der Waals surface area contributed by atoms with Gasteiger partial charge in [0, 0.05) is 17.6 Å². The standard InChI is InChI=1S/C16H22N2/c1-12(2)17-9-8-13(3)15-10-14-6-4-5-7-16(14)18-11-15/h4-7,10-13,17H,8-9H2,1-3H3. The van der Waals surface area contributed by atoms with Crippen molar-refractivity contribution in [2.75, 3.05) is 6.54 Å². The zero-order valence-corrected chi connectivity index (χ0v) is 11.5. The molecule has 0 aliphatic carbocycles. The molecule has 1 heterocycles. The number of para-hydroxylation sites is 1. The van der Waals surface area contributed by atoms with Crippen LogP contribution in [0.25, 0.3) is 10.9 Å². The molecule has 1 aromatic heterocycles. The zero-order chi connectivity index (χ0) is 13.0. The highest BCUT2D eigenvalue weighted by molar-refractivity contribution is 5.78. The largest absolute Gasteiger partial charge is 0.315 e. The topological polar surface area (TPSA) is 24.9 Å². The molecule has 0 aliphatic rings. The van der Waals surface area contributed by atoms with Crippen LogP contribution in [0.5, 0.6) is 0 Å².